The Morgan fingerprint density at radius 3 is 2.68 bits per heavy atom. The van der Waals surface area contributed by atoms with Gasteiger partial charge in [0.2, 0.25) is 0 Å². The van der Waals surface area contributed by atoms with Gasteiger partial charge in [0, 0.05) is 17.6 Å². The van der Waals surface area contributed by atoms with Gasteiger partial charge in [-0.25, -0.2) is 4.98 Å². The van der Waals surface area contributed by atoms with E-state index in [0.29, 0.717) is 22.4 Å². The number of oxazole rings is 1. The van der Waals surface area contributed by atoms with Gasteiger partial charge < -0.3 is 9.73 Å². The molecule has 0 unspecified atom stereocenters. The molecule has 0 spiro atoms. The molecule has 2 rings (SSSR count). The van der Waals surface area contributed by atoms with Crippen LogP contribution < -0.4 is 5.32 Å². The molecule has 0 aliphatic rings. The van der Waals surface area contributed by atoms with Crippen molar-refractivity contribution < 1.29 is 4.42 Å². The molecular weight excluding hydrogens is 283 g/mol. The van der Waals surface area contributed by atoms with E-state index in [2.05, 4.69) is 31.1 Å². The molecule has 1 aromatic heterocycles. The van der Waals surface area contributed by atoms with Crippen LogP contribution >= 0.6 is 23.2 Å². The Kier molecular flexibility index (Phi) is 4.19. The maximum atomic E-state index is 6.21. The van der Waals surface area contributed by atoms with Gasteiger partial charge in [-0.1, -0.05) is 29.3 Å². The average Bonchev–Trinajstić information content (AvgIpc) is 2.77. The van der Waals surface area contributed by atoms with E-state index >= 15 is 0 Å². The van der Waals surface area contributed by atoms with Crippen molar-refractivity contribution in [3.63, 3.8) is 0 Å². The highest BCUT2D eigenvalue weighted by Gasteiger charge is 2.17. The molecule has 5 heteroatoms. The fourth-order valence-corrected chi connectivity index (χ4v) is 2.03. The Labute approximate surface area is 122 Å². The van der Waals surface area contributed by atoms with Crippen LogP contribution in [0, 0.1) is 0 Å². The minimum atomic E-state index is 0.00828. The Hall–Kier alpha value is -1.03. The maximum absolute atomic E-state index is 6.21. The Bertz CT molecular complexity index is 573. The predicted molar refractivity (Wildman–Crippen MR) is 78.6 cm³/mol. The molecule has 1 aromatic carbocycles. The molecule has 102 valence electrons. The molecule has 2 aromatic rings. The quantitative estimate of drug-likeness (QED) is 0.904. The summed E-state index contributed by atoms with van der Waals surface area (Å²) >= 11 is 12.2. The number of benzene rings is 1. The van der Waals surface area contributed by atoms with Crippen molar-refractivity contribution in [2.24, 2.45) is 0 Å². The second-order valence-electron chi connectivity index (χ2n) is 5.33. The summed E-state index contributed by atoms with van der Waals surface area (Å²) in [5.41, 5.74) is 1.59. The number of nitrogens with zero attached hydrogens (tertiary/aromatic N) is 1. The van der Waals surface area contributed by atoms with Gasteiger partial charge in [0.1, 0.15) is 5.69 Å². The second kappa shape index (κ2) is 5.53. The van der Waals surface area contributed by atoms with Gasteiger partial charge in [0.15, 0.2) is 12.2 Å². The first-order chi connectivity index (χ1) is 8.88. The monoisotopic (exact) mass is 298 g/mol. The van der Waals surface area contributed by atoms with E-state index in [0.717, 1.165) is 11.3 Å². The van der Waals surface area contributed by atoms with Crippen LogP contribution in [0.1, 0.15) is 26.5 Å². The minimum Gasteiger partial charge on any atom is -0.443 e. The summed E-state index contributed by atoms with van der Waals surface area (Å²) < 4.78 is 5.46. The van der Waals surface area contributed by atoms with Crippen LogP contribution in [0.2, 0.25) is 10.0 Å². The zero-order valence-corrected chi connectivity index (χ0v) is 12.6. The van der Waals surface area contributed by atoms with E-state index < -0.39 is 0 Å². The van der Waals surface area contributed by atoms with Crippen molar-refractivity contribution >= 4 is 23.2 Å². The Morgan fingerprint density at radius 2 is 2.00 bits per heavy atom. The number of nitrogens with one attached hydrogen (secondary N) is 1. The first kappa shape index (κ1) is 14.4. The zero-order chi connectivity index (χ0) is 14.0. The van der Waals surface area contributed by atoms with Crippen LogP contribution in [0.5, 0.6) is 0 Å². The Morgan fingerprint density at radius 1 is 1.26 bits per heavy atom. The second-order valence-corrected chi connectivity index (χ2v) is 6.12. The number of aromatic nitrogens is 1. The third-order valence-electron chi connectivity index (χ3n) is 2.62. The number of hydrogen-bond donors (Lipinski definition) is 1. The highest BCUT2D eigenvalue weighted by Crippen LogP contribution is 2.34. The largest absolute Gasteiger partial charge is 0.443 e. The number of rotatable bonds is 3. The lowest BCUT2D eigenvalue weighted by Gasteiger charge is -2.19. The lowest BCUT2D eigenvalue weighted by Crippen LogP contribution is -2.35. The molecule has 0 saturated carbocycles. The van der Waals surface area contributed by atoms with E-state index in [1.807, 2.05) is 12.1 Å². The molecule has 0 fully saturated rings. The normalized spacial score (nSPS) is 11.8. The van der Waals surface area contributed by atoms with Crippen LogP contribution in [0.25, 0.3) is 11.3 Å². The smallest absolute Gasteiger partial charge is 0.181 e. The third-order valence-corrected chi connectivity index (χ3v) is 3.44. The molecule has 0 saturated heterocycles. The first-order valence-corrected chi connectivity index (χ1v) is 6.76. The molecule has 0 aliphatic heterocycles. The van der Waals surface area contributed by atoms with Crippen LogP contribution in [0.15, 0.2) is 29.0 Å². The molecular formula is C14H16Cl2N2O. The van der Waals surface area contributed by atoms with Crippen LogP contribution in [-0.4, -0.2) is 10.5 Å². The zero-order valence-electron chi connectivity index (χ0n) is 11.1. The minimum absolute atomic E-state index is 0.00828. The highest BCUT2D eigenvalue weighted by molar-refractivity contribution is 6.43. The molecule has 0 aliphatic carbocycles. The summed E-state index contributed by atoms with van der Waals surface area (Å²) in [5, 5.41) is 4.36. The molecule has 1 N–H and O–H groups in total. The number of hydrogen-bond acceptors (Lipinski definition) is 3. The SMILES string of the molecule is CC(C)(C)NCc1ncoc1-c1cccc(Cl)c1Cl. The Balaban J connectivity index is 2.31. The summed E-state index contributed by atoms with van der Waals surface area (Å²) in [5.74, 6) is 0.657. The van der Waals surface area contributed by atoms with Gasteiger partial charge in [-0.3, -0.25) is 0 Å². The topological polar surface area (TPSA) is 38.1 Å². The lowest BCUT2D eigenvalue weighted by molar-refractivity contribution is 0.421. The molecule has 0 radical (unpaired) electrons. The molecule has 1 heterocycles. The van der Waals surface area contributed by atoms with Crippen molar-refractivity contribution in [1.29, 1.82) is 0 Å². The average molecular weight is 299 g/mol. The molecule has 0 amide bonds. The van der Waals surface area contributed by atoms with Gasteiger partial charge >= 0.3 is 0 Å². The lowest BCUT2D eigenvalue weighted by atomic mass is 10.1. The predicted octanol–water partition coefficient (Wildman–Crippen LogP) is 4.54. The summed E-state index contributed by atoms with van der Waals surface area (Å²) in [6.07, 6.45) is 1.42. The van der Waals surface area contributed by atoms with Crippen LogP contribution in [-0.2, 0) is 6.54 Å². The molecule has 0 atom stereocenters. The van der Waals surface area contributed by atoms with Crippen molar-refractivity contribution in [2.45, 2.75) is 32.9 Å². The van der Waals surface area contributed by atoms with Crippen molar-refractivity contribution in [1.82, 2.24) is 10.3 Å². The molecule has 3 nitrogen and oxygen atoms in total. The maximum Gasteiger partial charge on any atom is 0.181 e. The van der Waals surface area contributed by atoms with Crippen LogP contribution in [0.3, 0.4) is 0 Å². The summed E-state index contributed by atoms with van der Waals surface area (Å²) in [7, 11) is 0. The first-order valence-electron chi connectivity index (χ1n) is 6.00. The summed E-state index contributed by atoms with van der Waals surface area (Å²) in [6.45, 7) is 6.90. The third kappa shape index (κ3) is 3.50. The van der Waals surface area contributed by atoms with Crippen LogP contribution in [0.4, 0.5) is 0 Å². The van der Waals surface area contributed by atoms with E-state index in [1.54, 1.807) is 6.07 Å². The van der Waals surface area contributed by atoms with Crippen molar-refractivity contribution in [3.05, 3.63) is 40.3 Å². The highest BCUT2D eigenvalue weighted by atomic mass is 35.5. The van der Waals surface area contributed by atoms with E-state index in [-0.39, 0.29) is 5.54 Å². The summed E-state index contributed by atoms with van der Waals surface area (Å²) in [4.78, 5) is 4.24. The van der Waals surface area contributed by atoms with Gasteiger partial charge in [-0.05, 0) is 32.9 Å². The van der Waals surface area contributed by atoms with E-state index in [4.69, 9.17) is 27.6 Å². The van der Waals surface area contributed by atoms with Crippen molar-refractivity contribution in [3.8, 4) is 11.3 Å². The van der Waals surface area contributed by atoms with Gasteiger partial charge in [-0.2, -0.15) is 0 Å². The summed E-state index contributed by atoms with van der Waals surface area (Å²) in [6, 6.07) is 5.46. The van der Waals surface area contributed by atoms with Gasteiger partial charge in [0.25, 0.3) is 0 Å². The fraction of sp³-hybridized carbons (Fsp3) is 0.357. The van der Waals surface area contributed by atoms with Gasteiger partial charge in [0.05, 0.1) is 10.0 Å². The van der Waals surface area contributed by atoms with Gasteiger partial charge in [-0.15, -0.1) is 0 Å². The number of halogens is 2. The van der Waals surface area contributed by atoms with Crippen molar-refractivity contribution in [2.75, 3.05) is 0 Å². The van der Waals surface area contributed by atoms with E-state index in [1.165, 1.54) is 6.39 Å². The fourth-order valence-electron chi connectivity index (χ4n) is 1.64. The van der Waals surface area contributed by atoms with E-state index in [9.17, 15) is 0 Å². The molecule has 0 bridgehead atoms. The molecule has 19 heavy (non-hydrogen) atoms. The standard InChI is InChI=1S/C14H16Cl2N2O/c1-14(2,3)18-7-11-13(19-8-17-11)9-5-4-6-10(15)12(9)16/h4-6,8,18H,7H2,1-3H3.